The van der Waals surface area contributed by atoms with E-state index in [0.717, 1.165) is 6.42 Å². The van der Waals surface area contributed by atoms with Crippen LogP contribution < -0.4 is 0 Å². The second kappa shape index (κ2) is 4.86. The van der Waals surface area contributed by atoms with Gasteiger partial charge in [-0.2, -0.15) is 0 Å². The summed E-state index contributed by atoms with van der Waals surface area (Å²) in [6.45, 7) is 10.5. The van der Waals surface area contributed by atoms with Gasteiger partial charge in [-0.1, -0.05) is 40.5 Å². The standard InChI is InChI=1S/C11H24O/c1-6-10(7-2)8-11(5,12)9(3)4/h9-10,12H,6-8H2,1-5H3. The molecule has 1 unspecified atom stereocenters. The van der Waals surface area contributed by atoms with E-state index in [4.69, 9.17) is 0 Å². The lowest BCUT2D eigenvalue weighted by Gasteiger charge is -2.31. The normalized spacial score (nSPS) is 17.0. The van der Waals surface area contributed by atoms with Gasteiger partial charge in [-0.15, -0.1) is 0 Å². The maximum absolute atomic E-state index is 10.0. The summed E-state index contributed by atoms with van der Waals surface area (Å²) < 4.78 is 0. The summed E-state index contributed by atoms with van der Waals surface area (Å²) >= 11 is 0. The fourth-order valence-electron chi connectivity index (χ4n) is 1.40. The molecule has 12 heavy (non-hydrogen) atoms. The molecule has 0 fully saturated rings. The van der Waals surface area contributed by atoms with E-state index >= 15 is 0 Å². The van der Waals surface area contributed by atoms with E-state index in [1.54, 1.807) is 0 Å². The average Bonchev–Trinajstić information content (AvgIpc) is 2.00. The van der Waals surface area contributed by atoms with E-state index in [2.05, 4.69) is 27.7 Å². The maximum Gasteiger partial charge on any atom is 0.0645 e. The Kier molecular flexibility index (Phi) is 4.84. The molecule has 74 valence electrons. The van der Waals surface area contributed by atoms with Gasteiger partial charge >= 0.3 is 0 Å². The van der Waals surface area contributed by atoms with Crippen molar-refractivity contribution in [3.63, 3.8) is 0 Å². The molecule has 0 amide bonds. The van der Waals surface area contributed by atoms with Gasteiger partial charge in [0.05, 0.1) is 5.60 Å². The fraction of sp³-hybridized carbons (Fsp3) is 1.00. The van der Waals surface area contributed by atoms with Crippen LogP contribution in [0.15, 0.2) is 0 Å². The molecule has 0 aliphatic heterocycles. The van der Waals surface area contributed by atoms with Gasteiger partial charge in [0.15, 0.2) is 0 Å². The molecule has 0 rings (SSSR count). The Morgan fingerprint density at radius 3 is 1.83 bits per heavy atom. The van der Waals surface area contributed by atoms with Gasteiger partial charge in [0.2, 0.25) is 0 Å². The first kappa shape index (κ1) is 12.0. The van der Waals surface area contributed by atoms with Gasteiger partial charge < -0.3 is 5.11 Å². The summed E-state index contributed by atoms with van der Waals surface area (Å²) in [6.07, 6.45) is 3.30. The summed E-state index contributed by atoms with van der Waals surface area (Å²) in [6, 6.07) is 0. The number of hydrogen-bond donors (Lipinski definition) is 1. The van der Waals surface area contributed by atoms with Crippen LogP contribution >= 0.6 is 0 Å². The first-order valence-electron chi connectivity index (χ1n) is 5.16. The van der Waals surface area contributed by atoms with Crippen LogP contribution in [0, 0.1) is 11.8 Å². The van der Waals surface area contributed by atoms with Crippen LogP contribution in [-0.4, -0.2) is 10.7 Å². The van der Waals surface area contributed by atoms with Crippen LogP contribution in [0.1, 0.15) is 53.9 Å². The van der Waals surface area contributed by atoms with E-state index in [-0.39, 0.29) is 0 Å². The van der Waals surface area contributed by atoms with Gasteiger partial charge in [0, 0.05) is 0 Å². The van der Waals surface area contributed by atoms with Crippen molar-refractivity contribution in [1.82, 2.24) is 0 Å². The minimum Gasteiger partial charge on any atom is -0.390 e. The van der Waals surface area contributed by atoms with Gasteiger partial charge in [-0.05, 0) is 25.2 Å². The van der Waals surface area contributed by atoms with Crippen LogP contribution in [0.5, 0.6) is 0 Å². The third kappa shape index (κ3) is 3.57. The molecule has 1 nitrogen and oxygen atoms in total. The molecule has 1 heteroatoms. The Hall–Kier alpha value is -0.0400. The van der Waals surface area contributed by atoms with E-state index in [1.807, 2.05) is 6.92 Å². The summed E-state index contributed by atoms with van der Waals surface area (Å²) in [7, 11) is 0. The molecule has 0 aliphatic carbocycles. The largest absolute Gasteiger partial charge is 0.390 e. The van der Waals surface area contributed by atoms with Crippen LogP contribution in [0.3, 0.4) is 0 Å². The summed E-state index contributed by atoms with van der Waals surface area (Å²) in [5.74, 6) is 1.04. The Morgan fingerprint density at radius 1 is 1.17 bits per heavy atom. The van der Waals surface area contributed by atoms with Crippen LogP contribution in [0.2, 0.25) is 0 Å². The molecular weight excluding hydrogens is 148 g/mol. The smallest absolute Gasteiger partial charge is 0.0645 e. The lowest BCUT2D eigenvalue weighted by atomic mass is 9.81. The Bertz CT molecular complexity index is 112. The second-order valence-electron chi connectivity index (χ2n) is 4.40. The molecule has 0 heterocycles. The van der Waals surface area contributed by atoms with E-state index < -0.39 is 5.60 Å². The molecule has 0 saturated heterocycles. The van der Waals surface area contributed by atoms with E-state index in [9.17, 15) is 5.11 Å². The predicted molar refractivity (Wildman–Crippen MR) is 54.2 cm³/mol. The number of hydrogen-bond acceptors (Lipinski definition) is 1. The first-order valence-corrected chi connectivity index (χ1v) is 5.16. The predicted octanol–water partition coefficient (Wildman–Crippen LogP) is 3.22. The number of rotatable bonds is 5. The summed E-state index contributed by atoms with van der Waals surface area (Å²) in [5.41, 5.74) is -0.476. The third-order valence-electron chi connectivity index (χ3n) is 3.10. The fourth-order valence-corrected chi connectivity index (χ4v) is 1.40. The second-order valence-corrected chi connectivity index (χ2v) is 4.40. The van der Waals surface area contributed by atoms with Crippen molar-refractivity contribution in [2.24, 2.45) is 11.8 Å². The minimum atomic E-state index is -0.476. The molecule has 0 aromatic rings. The van der Waals surface area contributed by atoms with Gasteiger partial charge in [0.1, 0.15) is 0 Å². The van der Waals surface area contributed by atoms with Crippen molar-refractivity contribution < 1.29 is 5.11 Å². The molecule has 1 N–H and O–H groups in total. The highest BCUT2D eigenvalue weighted by Crippen LogP contribution is 2.27. The van der Waals surface area contributed by atoms with E-state index in [0.29, 0.717) is 11.8 Å². The lowest BCUT2D eigenvalue weighted by molar-refractivity contribution is -0.0103. The van der Waals surface area contributed by atoms with Gasteiger partial charge in [-0.25, -0.2) is 0 Å². The molecule has 0 spiro atoms. The summed E-state index contributed by atoms with van der Waals surface area (Å²) in [5, 5.41) is 10.0. The zero-order valence-corrected chi connectivity index (χ0v) is 9.22. The van der Waals surface area contributed by atoms with Gasteiger partial charge in [0.25, 0.3) is 0 Å². The molecule has 0 saturated carbocycles. The van der Waals surface area contributed by atoms with Crippen molar-refractivity contribution in [3.8, 4) is 0 Å². The Morgan fingerprint density at radius 2 is 1.58 bits per heavy atom. The highest BCUT2D eigenvalue weighted by molar-refractivity contribution is 4.79. The van der Waals surface area contributed by atoms with Crippen molar-refractivity contribution in [3.05, 3.63) is 0 Å². The van der Waals surface area contributed by atoms with Gasteiger partial charge in [-0.3, -0.25) is 0 Å². The van der Waals surface area contributed by atoms with Crippen molar-refractivity contribution in [1.29, 1.82) is 0 Å². The molecule has 0 aromatic carbocycles. The summed E-state index contributed by atoms with van der Waals surface area (Å²) in [4.78, 5) is 0. The minimum absolute atomic E-state index is 0.359. The van der Waals surface area contributed by atoms with Crippen molar-refractivity contribution in [2.75, 3.05) is 0 Å². The Labute approximate surface area is 77.2 Å². The topological polar surface area (TPSA) is 20.2 Å². The number of aliphatic hydroxyl groups is 1. The third-order valence-corrected chi connectivity index (χ3v) is 3.10. The molecule has 0 aromatic heterocycles. The van der Waals surface area contributed by atoms with Crippen LogP contribution in [-0.2, 0) is 0 Å². The highest BCUT2D eigenvalue weighted by Gasteiger charge is 2.27. The first-order chi connectivity index (χ1) is 5.44. The molecule has 0 radical (unpaired) electrons. The highest BCUT2D eigenvalue weighted by atomic mass is 16.3. The van der Waals surface area contributed by atoms with Crippen LogP contribution in [0.25, 0.3) is 0 Å². The van der Waals surface area contributed by atoms with Crippen molar-refractivity contribution >= 4 is 0 Å². The molecule has 1 atom stereocenters. The van der Waals surface area contributed by atoms with Crippen molar-refractivity contribution in [2.45, 2.75) is 59.5 Å². The van der Waals surface area contributed by atoms with E-state index in [1.165, 1.54) is 12.8 Å². The average molecular weight is 172 g/mol. The molecular formula is C11H24O. The SMILES string of the molecule is CCC(CC)CC(C)(O)C(C)C. The zero-order valence-electron chi connectivity index (χ0n) is 9.22. The lowest BCUT2D eigenvalue weighted by Crippen LogP contribution is -2.33. The molecule has 0 aliphatic rings. The monoisotopic (exact) mass is 172 g/mol. The quantitative estimate of drug-likeness (QED) is 0.675. The molecule has 0 bridgehead atoms. The van der Waals surface area contributed by atoms with Crippen LogP contribution in [0.4, 0.5) is 0 Å². The zero-order chi connectivity index (χ0) is 9.78. The maximum atomic E-state index is 10.0. The Balaban J connectivity index is 4.02.